The van der Waals surface area contributed by atoms with Gasteiger partial charge in [-0.1, -0.05) is 0 Å². The van der Waals surface area contributed by atoms with E-state index in [4.69, 9.17) is 5.11 Å². The largest absolute Gasteiger partial charge is 0.478 e. The molecule has 0 aromatic carbocycles. The van der Waals surface area contributed by atoms with Gasteiger partial charge in [-0.3, -0.25) is 4.98 Å². The summed E-state index contributed by atoms with van der Waals surface area (Å²) in [5.41, 5.74) is -1.18. The lowest BCUT2D eigenvalue weighted by atomic mass is 10.1. The van der Waals surface area contributed by atoms with E-state index in [2.05, 4.69) is 4.98 Å². The fourth-order valence-corrected chi connectivity index (χ4v) is 0.959. The number of rotatable bonds is 2. The van der Waals surface area contributed by atoms with Gasteiger partial charge in [0.25, 0.3) is 0 Å². The quantitative estimate of drug-likeness (QED) is 0.772. The molecule has 6 heteroatoms. The Morgan fingerprint density at radius 1 is 1.47 bits per heavy atom. The lowest BCUT2D eigenvalue weighted by Gasteiger charge is -2.08. The Hall–Kier alpha value is -1.85. The summed E-state index contributed by atoms with van der Waals surface area (Å²) in [5.74, 6) is -1.31. The minimum absolute atomic E-state index is 0.271. The maximum absolute atomic E-state index is 12.4. The van der Waals surface area contributed by atoms with Crippen molar-refractivity contribution in [3.8, 4) is 0 Å². The summed E-state index contributed by atoms with van der Waals surface area (Å²) in [7, 11) is 0. The summed E-state index contributed by atoms with van der Waals surface area (Å²) >= 11 is 0. The molecule has 0 amide bonds. The predicted molar refractivity (Wildman–Crippen MR) is 45.9 cm³/mol. The van der Waals surface area contributed by atoms with Crippen molar-refractivity contribution in [2.24, 2.45) is 0 Å². The number of carbonyl (C=O) groups is 1. The minimum atomic E-state index is -4.51. The molecule has 0 spiro atoms. The van der Waals surface area contributed by atoms with E-state index in [0.717, 1.165) is 24.5 Å². The average Bonchev–Trinajstić information content (AvgIpc) is 2.13. The second kappa shape index (κ2) is 4.12. The van der Waals surface area contributed by atoms with Gasteiger partial charge in [0.1, 0.15) is 0 Å². The Kier molecular flexibility index (Phi) is 3.08. The van der Waals surface area contributed by atoms with Crippen LogP contribution in [0.4, 0.5) is 13.2 Å². The topological polar surface area (TPSA) is 50.2 Å². The van der Waals surface area contributed by atoms with Crippen LogP contribution in [0.3, 0.4) is 0 Å². The fourth-order valence-electron chi connectivity index (χ4n) is 0.959. The van der Waals surface area contributed by atoms with Gasteiger partial charge in [0.15, 0.2) is 0 Å². The minimum Gasteiger partial charge on any atom is -0.478 e. The number of hydrogen-bond acceptors (Lipinski definition) is 2. The van der Waals surface area contributed by atoms with Crippen LogP contribution in [0, 0.1) is 0 Å². The van der Waals surface area contributed by atoms with Gasteiger partial charge in [-0.2, -0.15) is 13.2 Å². The number of carboxylic acids is 1. The molecule has 15 heavy (non-hydrogen) atoms. The number of pyridine rings is 1. The second-order valence-electron chi connectivity index (χ2n) is 2.63. The van der Waals surface area contributed by atoms with Gasteiger partial charge < -0.3 is 5.11 Å². The molecule has 0 unspecified atom stereocenters. The molecule has 1 aromatic heterocycles. The molecule has 1 N–H and O–H groups in total. The van der Waals surface area contributed by atoms with E-state index in [1.54, 1.807) is 0 Å². The molecule has 0 aliphatic rings. The summed E-state index contributed by atoms with van der Waals surface area (Å²) in [5, 5.41) is 8.28. The summed E-state index contributed by atoms with van der Waals surface area (Å²) in [6, 6.07) is 0.793. The maximum Gasteiger partial charge on any atom is 0.417 e. The van der Waals surface area contributed by atoms with E-state index in [0.29, 0.717) is 6.08 Å². The average molecular weight is 217 g/mol. The highest BCUT2D eigenvalue weighted by atomic mass is 19.4. The number of halogens is 3. The molecular formula is C9H6F3NO2. The second-order valence-corrected chi connectivity index (χ2v) is 2.63. The van der Waals surface area contributed by atoms with Crippen LogP contribution in [0.25, 0.3) is 6.08 Å². The molecule has 1 heterocycles. The number of aromatic nitrogens is 1. The molecule has 3 nitrogen and oxygen atoms in total. The monoisotopic (exact) mass is 217 g/mol. The van der Waals surface area contributed by atoms with Crippen LogP contribution in [0.5, 0.6) is 0 Å². The Morgan fingerprint density at radius 3 is 2.67 bits per heavy atom. The fraction of sp³-hybridized carbons (Fsp3) is 0.111. The van der Waals surface area contributed by atoms with Crippen LogP contribution in [0.1, 0.15) is 11.1 Å². The highest BCUT2D eigenvalue weighted by molar-refractivity contribution is 5.85. The third-order valence-electron chi connectivity index (χ3n) is 1.56. The standard InChI is InChI=1S/C9H6F3NO2/c10-9(11,12)7-3-4-13-5-6(7)1-2-8(14)15/h1-5H,(H,14,15). The summed E-state index contributed by atoms with van der Waals surface area (Å²) in [4.78, 5) is 13.6. The molecule has 0 aliphatic heterocycles. The van der Waals surface area contributed by atoms with E-state index in [1.165, 1.54) is 0 Å². The van der Waals surface area contributed by atoms with Crippen molar-refractivity contribution in [2.45, 2.75) is 6.18 Å². The Balaban J connectivity index is 3.13. The molecule has 0 fully saturated rings. The van der Waals surface area contributed by atoms with Gasteiger partial charge in [-0.25, -0.2) is 4.79 Å². The van der Waals surface area contributed by atoms with Crippen molar-refractivity contribution in [3.63, 3.8) is 0 Å². The molecule has 0 saturated heterocycles. The van der Waals surface area contributed by atoms with E-state index in [9.17, 15) is 18.0 Å². The molecular weight excluding hydrogens is 211 g/mol. The molecule has 1 aromatic rings. The number of hydrogen-bond donors (Lipinski definition) is 1. The highest BCUT2D eigenvalue weighted by Gasteiger charge is 2.32. The smallest absolute Gasteiger partial charge is 0.417 e. The van der Waals surface area contributed by atoms with Crippen molar-refractivity contribution in [2.75, 3.05) is 0 Å². The molecule has 0 radical (unpaired) electrons. The van der Waals surface area contributed by atoms with Crippen LogP contribution in [0.15, 0.2) is 24.5 Å². The third-order valence-corrected chi connectivity index (χ3v) is 1.56. The van der Waals surface area contributed by atoms with E-state index < -0.39 is 17.7 Å². The first-order chi connectivity index (χ1) is 6.91. The molecule has 0 aliphatic carbocycles. The Labute approximate surface area is 82.9 Å². The highest BCUT2D eigenvalue weighted by Crippen LogP contribution is 2.31. The first-order valence-corrected chi connectivity index (χ1v) is 3.83. The van der Waals surface area contributed by atoms with E-state index in [-0.39, 0.29) is 5.56 Å². The molecule has 0 saturated carbocycles. The summed E-state index contributed by atoms with van der Waals surface area (Å²) in [6.45, 7) is 0. The van der Waals surface area contributed by atoms with Gasteiger partial charge in [0, 0.05) is 24.0 Å². The van der Waals surface area contributed by atoms with Crippen molar-refractivity contribution in [1.29, 1.82) is 0 Å². The van der Waals surface area contributed by atoms with Gasteiger partial charge in [0.05, 0.1) is 5.56 Å². The van der Waals surface area contributed by atoms with Crippen LogP contribution < -0.4 is 0 Å². The first kappa shape index (κ1) is 11.2. The van der Waals surface area contributed by atoms with Crippen molar-refractivity contribution >= 4 is 12.0 Å². The van der Waals surface area contributed by atoms with Crippen LogP contribution in [0.2, 0.25) is 0 Å². The molecule has 1 rings (SSSR count). The molecule has 80 valence electrons. The normalized spacial score (nSPS) is 11.9. The summed E-state index contributed by atoms with van der Waals surface area (Å²) in [6.07, 6.45) is -1.06. The zero-order valence-electron chi connectivity index (χ0n) is 7.32. The molecule has 0 atom stereocenters. The Bertz CT molecular complexity index is 399. The Morgan fingerprint density at radius 2 is 2.13 bits per heavy atom. The lowest BCUT2D eigenvalue weighted by molar-refractivity contribution is -0.138. The zero-order valence-corrected chi connectivity index (χ0v) is 7.32. The number of nitrogens with zero attached hydrogens (tertiary/aromatic N) is 1. The van der Waals surface area contributed by atoms with Gasteiger partial charge >= 0.3 is 12.1 Å². The number of alkyl halides is 3. The van der Waals surface area contributed by atoms with Crippen LogP contribution in [-0.4, -0.2) is 16.1 Å². The van der Waals surface area contributed by atoms with E-state index >= 15 is 0 Å². The van der Waals surface area contributed by atoms with Gasteiger partial charge in [0.2, 0.25) is 0 Å². The predicted octanol–water partition coefficient (Wildman–Crippen LogP) is 2.20. The molecule has 0 bridgehead atoms. The zero-order chi connectivity index (χ0) is 11.5. The third kappa shape index (κ3) is 3.08. The SMILES string of the molecule is O=C(O)C=Cc1cnccc1C(F)(F)F. The lowest BCUT2D eigenvalue weighted by Crippen LogP contribution is -2.07. The first-order valence-electron chi connectivity index (χ1n) is 3.83. The van der Waals surface area contributed by atoms with Gasteiger partial charge in [-0.15, -0.1) is 0 Å². The number of aliphatic carboxylic acids is 1. The van der Waals surface area contributed by atoms with Crippen molar-refractivity contribution < 1.29 is 23.1 Å². The van der Waals surface area contributed by atoms with E-state index in [1.807, 2.05) is 0 Å². The van der Waals surface area contributed by atoms with Crippen molar-refractivity contribution in [1.82, 2.24) is 4.98 Å². The van der Waals surface area contributed by atoms with Crippen LogP contribution in [-0.2, 0) is 11.0 Å². The van der Waals surface area contributed by atoms with Gasteiger partial charge in [-0.05, 0) is 12.1 Å². The van der Waals surface area contributed by atoms with Crippen molar-refractivity contribution in [3.05, 3.63) is 35.7 Å². The number of carboxylic acid groups (broad SMARTS) is 1. The van der Waals surface area contributed by atoms with Crippen LogP contribution >= 0.6 is 0 Å². The maximum atomic E-state index is 12.4. The summed E-state index contributed by atoms with van der Waals surface area (Å²) < 4.78 is 37.1.